The summed E-state index contributed by atoms with van der Waals surface area (Å²) in [4.78, 5) is 10.1. The summed E-state index contributed by atoms with van der Waals surface area (Å²) in [6, 6.07) is 4.65. The fraction of sp³-hybridized carbons (Fsp3) is 0. The molecule has 9 heavy (non-hydrogen) atoms. The van der Waals surface area contributed by atoms with Crippen molar-refractivity contribution in [3.05, 3.63) is 34.9 Å². The Hall–Kier alpha value is -0.454. The summed E-state index contributed by atoms with van der Waals surface area (Å²) < 4.78 is 11.4. The second-order valence-corrected chi connectivity index (χ2v) is 1.12. The Balaban J connectivity index is 0.000000291. The monoisotopic (exact) mass is 182 g/mol. The molecule has 3 nitrogen and oxygen atoms in total. The van der Waals surface area contributed by atoms with Gasteiger partial charge in [0.15, 0.2) is 0 Å². The normalized spacial score (nSPS) is 7.22. The number of hydrogen-bond donors (Lipinski definition) is 1. The molecular formula is C5H5GaO3. The van der Waals surface area contributed by atoms with Crippen LogP contribution in [0.5, 0.6) is 0 Å². The molecule has 1 aromatic heterocycles. The first-order valence-corrected chi connectivity index (χ1v) is 3.27. The van der Waals surface area contributed by atoms with Crippen LogP contribution in [0.1, 0.15) is 0 Å². The summed E-state index contributed by atoms with van der Waals surface area (Å²) >= 11 is 0.688. The minimum atomic E-state index is -0.303. The van der Waals surface area contributed by atoms with Gasteiger partial charge in [-0.15, -0.1) is 0 Å². The van der Waals surface area contributed by atoms with E-state index >= 15 is 0 Å². The van der Waals surface area contributed by atoms with Crippen molar-refractivity contribution in [1.29, 1.82) is 0 Å². The number of hydrogen-bond acceptors (Lipinski definition) is 3. The van der Waals surface area contributed by atoms with Crippen LogP contribution < -0.4 is 5.63 Å². The SMILES string of the molecule is O=c1cccco1.[OH][Ga]. The molecular weight excluding hydrogens is 178 g/mol. The Labute approximate surface area is 62.7 Å². The first-order chi connectivity index (χ1) is 4.39. The predicted molar refractivity (Wildman–Crippen MR) is 33.0 cm³/mol. The molecule has 0 aliphatic carbocycles. The summed E-state index contributed by atoms with van der Waals surface area (Å²) in [5.74, 6) is 0. The molecule has 0 aliphatic rings. The number of rotatable bonds is 0. The molecule has 1 aromatic rings. The van der Waals surface area contributed by atoms with Gasteiger partial charge in [0.1, 0.15) is 0 Å². The van der Waals surface area contributed by atoms with Crippen LogP contribution in [0.2, 0.25) is 0 Å². The zero-order valence-corrected chi connectivity index (χ0v) is 7.07. The first-order valence-electron chi connectivity index (χ1n) is 2.19. The van der Waals surface area contributed by atoms with E-state index in [1.54, 1.807) is 12.1 Å². The van der Waals surface area contributed by atoms with Gasteiger partial charge >= 0.3 is 28.5 Å². The molecule has 0 unspecified atom stereocenters. The molecule has 1 heterocycles. The third-order valence-corrected chi connectivity index (χ3v) is 0.606. The summed E-state index contributed by atoms with van der Waals surface area (Å²) in [5, 5.41) is 0. The Morgan fingerprint density at radius 2 is 2.11 bits per heavy atom. The molecule has 0 fully saturated rings. The summed E-state index contributed by atoms with van der Waals surface area (Å²) in [7, 11) is 0. The van der Waals surface area contributed by atoms with Gasteiger partial charge in [-0.2, -0.15) is 0 Å². The van der Waals surface area contributed by atoms with E-state index in [1.807, 2.05) is 0 Å². The third kappa shape index (κ3) is 4.08. The predicted octanol–water partition coefficient (Wildman–Crippen LogP) is -0.298. The van der Waals surface area contributed by atoms with E-state index in [9.17, 15) is 4.79 Å². The molecule has 0 aliphatic heterocycles. The van der Waals surface area contributed by atoms with E-state index in [-0.39, 0.29) is 5.63 Å². The maximum absolute atomic E-state index is 10.1. The van der Waals surface area contributed by atoms with E-state index in [0.29, 0.717) is 19.0 Å². The average molecular weight is 183 g/mol. The van der Waals surface area contributed by atoms with Gasteiger partial charge in [0.05, 0.1) is 6.26 Å². The van der Waals surface area contributed by atoms with Crippen LogP contribution >= 0.6 is 0 Å². The van der Waals surface area contributed by atoms with Crippen LogP contribution in [-0.2, 0) is 0 Å². The standard InChI is InChI=1S/C5H4O2.Ga.H2O/c6-5-3-1-2-4-7-5;;/h1-4H;;1H2/q;+1;/p-1. The minimum absolute atomic E-state index is 0.303. The van der Waals surface area contributed by atoms with Gasteiger partial charge in [-0.25, -0.2) is 4.79 Å². The van der Waals surface area contributed by atoms with Crippen molar-refractivity contribution in [3.63, 3.8) is 0 Å². The van der Waals surface area contributed by atoms with Gasteiger partial charge < -0.3 is 4.42 Å². The van der Waals surface area contributed by atoms with Gasteiger partial charge in [0, 0.05) is 6.07 Å². The molecule has 0 saturated carbocycles. The second-order valence-electron chi connectivity index (χ2n) is 1.12. The van der Waals surface area contributed by atoms with E-state index in [1.165, 1.54) is 12.3 Å². The van der Waals surface area contributed by atoms with E-state index in [2.05, 4.69) is 4.42 Å². The molecule has 4 heteroatoms. The van der Waals surface area contributed by atoms with E-state index < -0.39 is 0 Å². The van der Waals surface area contributed by atoms with Crippen molar-refractivity contribution in [2.45, 2.75) is 0 Å². The Morgan fingerprint density at radius 3 is 2.33 bits per heavy atom. The maximum atomic E-state index is 10.1. The van der Waals surface area contributed by atoms with Crippen molar-refractivity contribution in [2.75, 3.05) is 0 Å². The Bertz CT molecular complexity index is 178. The van der Waals surface area contributed by atoms with Crippen molar-refractivity contribution in [3.8, 4) is 0 Å². The fourth-order valence-corrected chi connectivity index (χ4v) is 0.325. The molecule has 0 amide bonds. The summed E-state index contributed by atoms with van der Waals surface area (Å²) in [6.07, 6.45) is 1.35. The van der Waals surface area contributed by atoms with E-state index in [4.69, 9.17) is 3.90 Å². The zero-order valence-electron chi connectivity index (χ0n) is 4.65. The van der Waals surface area contributed by atoms with Crippen molar-refractivity contribution in [2.24, 2.45) is 0 Å². The zero-order chi connectivity index (χ0) is 7.11. The first kappa shape index (κ1) is 8.55. The van der Waals surface area contributed by atoms with Crippen molar-refractivity contribution in [1.82, 2.24) is 0 Å². The Kier molecular flexibility index (Phi) is 5.39. The van der Waals surface area contributed by atoms with Gasteiger partial charge in [-0.3, -0.25) is 0 Å². The molecule has 0 atom stereocenters. The average Bonchev–Trinajstić information content (AvgIpc) is 1.94. The summed E-state index contributed by atoms with van der Waals surface area (Å²) in [5.41, 5.74) is -0.303. The topological polar surface area (TPSA) is 50.4 Å². The van der Waals surface area contributed by atoms with Crippen molar-refractivity contribution >= 4 is 19.0 Å². The van der Waals surface area contributed by atoms with E-state index in [0.717, 1.165) is 0 Å². The molecule has 0 bridgehead atoms. The fourth-order valence-electron chi connectivity index (χ4n) is 0.325. The molecule has 2 radical (unpaired) electrons. The third-order valence-electron chi connectivity index (χ3n) is 0.606. The van der Waals surface area contributed by atoms with Crippen molar-refractivity contribution < 1.29 is 8.32 Å². The molecule has 1 rings (SSSR count). The van der Waals surface area contributed by atoms with Crippen LogP contribution in [0.15, 0.2) is 33.7 Å². The van der Waals surface area contributed by atoms with Crippen LogP contribution in [0.25, 0.3) is 0 Å². The van der Waals surface area contributed by atoms with Crippen LogP contribution in [-0.4, -0.2) is 22.9 Å². The quantitative estimate of drug-likeness (QED) is 0.561. The van der Waals surface area contributed by atoms with Gasteiger partial charge in [0.25, 0.3) is 0 Å². The molecule has 46 valence electrons. The summed E-state index contributed by atoms with van der Waals surface area (Å²) in [6.45, 7) is 0. The van der Waals surface area contributed by atoms with Gasteiger partial charge in [-0.05, 0) is 6.07 Å². The van der Waals surface area contributed by atoms with Gasteiger partial charge in [0.2, 0.25) is 0 Å². The van der Waals surface area contributed by atoms with Gasteiger partial charge in [-0.1, -0.05) is 6.07 Å². The molecule has 0 saturated heterocycles. The molecule has 0 aromatic carbocycles. The van der Waals surface area contributed by atoms with Crippen LogP contribution in [0, 0.1) is 0 Å². The Morgan fingerprint density at radius 1 is 1.44 bits per heavy atom. The second kappa shape index (κ2) is 5.68. The van der Waals surface area contributed by atoms with Crippen LogP contribution in [0.3, 0.4) is 0 Å². The molecule has 0 spiro atoms. The van der Waals surface area contributed by atoms with Crippen LogP contribution in [0.4, 0.5) is 0 Å². The molecule has 1 N–H and O–H groups in total.